The molecule has 38 heavy (non-hydrogen) atoms. The number of nitrogens with two attached hydrogens (primary N) is 1. The molecule has 5 heteroatoms. The van der Waals surface area contributed by atoms with Crippen molar-refractivity contribution in [3.63, 3.8) is 0 Å². The van der Waals surface area contributed by atoms with Gasteiger partial charge in [0.1, 0.15) is 6.10 Å². The molecule has 0 unspecified atom stereocenters. The van der Waals surface area contributed by atoms with E-state index in [1.807, 2.05) is 0 Å². The molecule has 5 nitrogen and oxygen atoms in total. The summed E-state index contributed by atoms with van der Waals surface area (Å²) in [6, 6.07) is 0. The van der Waals surface area contributed by atoms with Crippen LogP contribution in [0.2, 0.25) is 0 Å². The van der Waals surface area contributed by atoms with Gasteiger partial charge in [0, 0.05) is 19.9 Å². The summed E-state index contributed by atoms with van der Waals surface area (Å²) in [5.41, 5.74) is 6.43. The molecule has 3 N–H and O–H groups in total. The number of carbonyl (C=O) groups is 2. The zero-order chi connectivity index (χ0) is 27.3. The molecule has 4 aliphatic rings. The fourth-order valence-corrected chi connectivity index (χ4v) is 10.2. The summed E-state index contributed by atoms with van der Waals surface area (Å²) in [4.78, 5) is 24.1. The molecule has 0 aromatic carbocycles. The maximum atomic E-state index is 12.5. The Morgan fingerprint density at radius 2 is 1.63 bits per heavy atom. The minimum atomic E-state index is -0.113. The number of carbonyl (C=O) groups excluding carboxylic acids is 2. The van der Waals surface area contributed by atoms with E-state index in [0.717, 1.165) is 68.9 Å². The average Bonchev–Trinajstić information content (AvgIpc) is 3.24. The first-order chi connectivity index (χ1) is 18.2. The number of ether oxygens (including phenoxy) is 1. The van der Waals surface area contributed by atoms with Crippen molar-refractivity contribution in [1.29, 1.82) is 0 Å². The molecule has 0 aromatic heterocycles. The molecule has 0 saturated heterocycles. The highest BCUT2D eigenvalue weighted by Gasteiger charge is 2.60. The number of hydrogen-bond donors (Lipinski definition) is 2. The lowest BCUT2D eigenvalue weighted by Gasteiger charge is -2.61. The predicted molar refractivity (Wildman–Crippen MR) is 154 cm³/mol. The predicted octanol–water partition coefficient (Wildman–Crippen LogP) is 7.02. The van der Waals surface area contributed by atoms with Crippen LogP contribution in [0.5, 0.6) is 0 Å². The molecule has 0 aromatic rings. The molecule has 1 amide bonds. The van der Waals surface area contributed by atoms with Crippen molar-refractivity contribution in [2.75, 3.05) is 13.1 Å². The maximum Gasteiger partial charge on any atom is 0.302 e. The summed E-state index contributed by atoms with van der Waals surface area (Å²) >= 11 is 0. The summed E-state index contributed by atoms with van der Waals surface area (Å²) in [5, 5.41) is 3.18. The third-order valence-corrected chi connectivity index (χ3v) is 12.2. The first-order valence-electron chi connectivity index (χ1n) is 16.3. The van der Waals surface area contributed by atoms with Crippen molar-refractivity contribution in [3.8, 4) is 0 Å². The van der Waals surface area contributed by atoms with Gasteiger partial charge < -0.3 is 15.8 Å². The highest BCUT2D eigenvalue weighted by atomic mass is 16.5. The van der Waals surface area contributed by atoms with Gasteiger partial charge in [-0.05, 0) is 130 Å². The van der Waals surface area contributed by atoms with Crippen molar-refractivity contribution in [2.24, 2.45) is 52.1 Å². The third kappa shape index (κ3) is 6.44. The third-order valence-electron chi connectivity index (χ3n) is 12.2. The summed E-state index contributed by atoms with van der Waals surface area (Å²) in [6.07, 6.45) is 19.2. The topological polar surface area (TPSA) is 81.4 Å². The van der Waals surface area contributed by atoms with Crippen LogP contribution in [0.1, 0.15) is 130 Å². The monoisotopic (exact) mass is 530 g/mol. The molecule has 0 spiro atoms. The molecule has 0 radical (unpaired) electrons. The Morgan fingerprint density at radius 3 is 2.39 bits per heavy atom. The Morgan fingerprint density at radius 1 is 0.921 bits per heavy atom. The molecular formula is C33H58N2O3. The summed E-state index contributed by atoms with van der Waals surface area (Å²) in [7, 11) is 0. The van der Waals surface area contributed by atoms with Crippen LogP contribution in [0.25, 0.3) is 0 Å². The van der Waals surface area contributed by atoms with Crippen molar-refractivity contribution in [3.05, 3.63) is 0 Å². The highest BCUT2D eigenvalue weighted by molar-refractivity contribution is 5.75. The van der Waals surface area contributed by atoms with Crippen LogP contribution in [0.15, 0.2) is 0 Å². The first-order valence-corrected chi connectivity index (χ1v) is 16.3. The summed E-state index contributed by atoms with van der Waals surface area (Å²) in [6.45, 7) is 10.8. The van der Waals surface area contributed by atoms with Gasteiger partial charge in [0.2, 0.25) is 5.91 Å². The zero-order valence-electron chi connectivity index (χ0n) is 25.1. The number of fused-ring (bicyclic) bond motifs is 5. The van der Waals surface area contributed by atoms with Crippen LogP contribution in [-0.4, -0.2) is 31.1 Å². The fraction of sp³-hybridized carbons (Fsp3) is 0.939. The Bertz CT molecular complexity index is 801. The van der Waals surface area contributed by atoms with E-state index in [9.17, 15) is 9.59 Å². The lowest BCUT2D eigenvalue weighted by molar-refractivity contribution is -0.160. The molecule has 218 valence electrons. The van der Waals surface area contributed by atoms with E-state index < -0.39 is 0 Å². The molecule has 4 aliphatic carbocycles. The van der Waals surface area contributed by atoms with Crippen molar-refractivity contribution >= 4 is 11.9 Å². The molecule has 0 bridgehead atoms. The van der Waals surface area contributed by atoms with E-state index in [1.54, 1.807) is 6.92 Å². The van der Waals surface area contributed by atoms with Gasteiger partial charge in [-0.25, -0.2) is 0 Å². The number of hydrogen-bond acceptors (Lipinski definition) is 4. The minimum absolute atomic E-state index is 0.113. The first kappa shape index (κ1) is 29.9. The summed E-state index contributed by atoms with van der Waals surface area (Å²) in [5.74, 6) is 4.79. The van der Waals surface area contributed by atoms with Gasteiger partial charge in [-0.15, -0.1) is 0 Å². The van der Waals surface area contributed by atoms with E-state index in [-0.39, 0.29) is 18.0 Å². The van der Waals surface area contributed by atoms with Crippen LogP contribution in [0, 0.1) is 46.3 Å². The Kier molecular flexibility index (Phi) is 10.3. The van der Waals surface area contributed by atoms with E-state index in [2.05, 4.69) is 26.1 Å². The second-order valence-corrected chi connectivity index (χ2v) is 14.3. The fourth-order valence-electron chi connectivity index (χ4n) is 10.2. The van der Waals surface area contributed by atoms with Gasteiger partial charge in [0.15, 0.2) is 0 Å². The van der Waals surface area contributed by atoms with Gasteiger partial charge in [0.25, 0.3) is 0 Å². The minimum Gasteiger partial charge on any atom is -0.463 e. The second-order valence-electron chi connectivity index (χ2n) is 14.3. The van der Waals surface area contributed by atoms with E-state index in [0.29, 0.717) is 29.1 Å². The van der Waals surface area contributed by atoms with E-state index in [4.69, 9.17) is 10.5 Å². The van der Waals surface area contributed by atoms with E-state index >= 15 is 0 Å². The molecule has 9 atom stereocenters. The standard InChI is InChI=1S/C33H58N2O3/c1-23(10-15-31(37)35-21-9-7-5-6-8-20-34)28-13-14-29-27-12-11-25-22-26(38-24(2)36)16-18-32(25,3)30(27)17-19-33(28,29)4/h23,25-30H,5-22,34H2,1-4H3,(H,35,37)/t23-,25-,26-,27+,28-,29+,30+,32+,33-/m1/s1. The molecule has 4 fully saturated rings. The molecule has 4 rings (SSSR count). The molecule has 0 aliphatic heterocycles. The number of esters is 1. The smallest absolute Gasteiger partial charge is 0.302 e. The second kappa shape index (κ2) is 13.0. The lowest BCUT2D eigenvalue weighted by atomic mass is 9.44. The van der Waals surface area contributed by atoms with Crippen LogP contribution < -0.4 is 11.1 Å². The lowest BCUT2D eigenvalue weighted by Crippen LogP contribution is -2.54. The Balaban J connectivity index is 1.26. The van der Waals surface area contributed by atoms with Gasteiger partial charge in [-0.1, -0.05) is 40.0 Å². The SMILES string of the molecule is CC(=O)O[C@@H]1CC[C@@]2(C)[C@H](CC[C@@H]3[C@@H]2CC[C@]2(C)[C@@H]([C@H](C)CCC(=O)NCCCCCCCN)CC[C@@H]32)C1. The number of nitrogens with one attached hydrogen (secondary N) is 1. The van der Waals surface area contributed by atoms with Crippen LogP contribution >= 0.6 is 0 Å². The van der Waals surface area contributed by atoms with Gasteiger partial charge in [-0.3, -0.25) is 9.59 Å². The number of rotatable bonds is 12. The van der Waals surface area contributed by atoms with Crippen molar-refractivity contribution < 1.29 is 14.3 Å². The van der Waals surface area contributed by atoms with Gasteiger partial charge in [-0.2, -0.15) is 0 Å². The van der Waals surface area contributed by atoms with Crippen LogP contribution in [0.4, 0.5) is 0 Å². The van der Waals surface area contributed by atoms with Crippen LogP contribution in [0.3, 0.4) is 0 Å². The normalized spacial score (nSPS) is 39.0. The van der Waals surface area contributed by atoms with Gasteiger partial charge >= 0.3 is 5.97 Å². The Hall–Kier alpha value is -1.10. The highest BCUT2D eigenvalue weighted by Crippen LogP contribution is 2.68. The van der Waals surface area contributed by atoms with Crippen molar-refractivity contribution in [2.45, 2.75) is 137 Å². The molecular weight excluding hydrogens is 472 g/mol. The maximum absolute atomic E-state index is 12.5. The quantitative estimate of drug-likeness (QED) is 0.210. The summed E-state index contributed by atoms with van der Waals surface area (Å²) < 4.78 is 5.66. The molecule has 4 saturated carbocycles. The largest absolute Gasteiger partial charge is 0.463 e. The molecule has 0 heterocycles. The van der Waals surface area contributed by atoms with E-state index in [1.165, 1.54) is 64.2 Å². The zero-order valence-corrected chi connectivity index (χ0v) is 25.1. The average molecular weight is 531 g/mol. The van der Waals surface area contributed by atoms with Crippen LogP contribution in [-0.2, 0) is 14.3 Å². The number of unbranched alkanes of at least 4 members (excludes halogenated alkanes) is 4. The van der Waals surface area contributed by atoms with Gasteiger partial charge in [0.05, 0.1) is 0 Å². The number of amides is 1. The van der Waals surface area contributed by atoms with Crippen molar-refractivity contribution in [1.82, 2.24) is 5.32 Å². The Labute approximate surface area is 233 Å².